The van der Waals surface area contributed by atoms with Crippen molar-refractivity contribution in [2.24, 2.45) is 5.73 Å². The van der Waals surface area contributed by atoms with E-state index >= 15 is 0 Å². The molecule has 0 bridgehead atoms. The molecule has 19 heavy (non-hydrogen) atoms. The van der Waals surface area contributed by atoms with Crippen molar-refractivity contribution in [1.82, 2.24) is 9.80 Å². The first kappa shape index (κ1) is 13.2. The molecule has 1 aromatic heterocycles. The van der Waals surface area contributed by atoms with Gasteiger partial charge in [0.15, 0.2) is 0 Å². The summed E-state index contributed by atoms with van der Waals surface area (Å²) in [7, 11) is 0. The Hall–Kier alpha value is -0.840. The first-order valence-electron chi connectivity index (χ1n) is 7.58. The fraction of sp³-hybridized carbons (Fsp3) is 0.733. The molecule has 0 aromatic carbocycles. The van der Waals surface area contributed by atoms with Gasteiger partial charge in [-0.3, -0.25) is 9.80 Å². The fourth-order valence-corrected chi connectivity index (χ4v) is 3.39. The number of nitrogens with zero attached hydrogens (tertiary/aromatic N) is 2. The first-order chi connectivity index (χ1) is 9.35. The van der Waals surface area contributed by atoms with Crippen molar-refractivity contribution in [1.29, 1.82) is 0 Å². The Morgan fingerprint density at radius 2 is 1.89 bits per heavy atom. The van der Waals surface area contributed by atoms with Crippen molar-refractivity contribution in [3.8, 4) is 0 Å². The lowest BCUT2D eigenvalue weighted by Gasteiger charge is -2.37. The van der Waals surface area contributed by atoms with E-state index in [9.17, 15) is 0 Å². The molecule has 0 amide bonds. The lowest BCUT2D eigenvalue weighted by molar-refractivity contribution is 0.0894. The SMILES string of the molecule is NCc1coc(CN2CCN(C3CCCC3)CC2)c1. The lowest BCUT2D eigenvalue weighted by atomic mass is 10.2. The number of hydrogen-bond acceptors (Lipinski definition) is 4. The highest BCUT2D eigenvalue weighted by Crippen LogP contribution is 2.24. The Kier molecular flexibility index (Phi) is 4.21. The molecular formula is C15H25N3O. The lowest BCUT2D eigenvalue weighted by Crippen LogP contribution is -2.49. The van der Waals surface area contributed by atoms with E-state index in [4.69, 9.17) is 10.2 Å². The summed E-state index contributed by atoms with van der Waals surface area (Å²) in [6.07, 6.45) is 7.47. The average Bonchev–Trinajstić information content (AvgIpc) is 3.10. The van der Waals surface area contributed by atoms with Crippen molar-refractivity contribution in [2.45, 2.75) is 44.8 Å². The second-order valence-corrected chi connectivity index (χ2v) is 5.88. The van der Waals surface area contributed by atoms with Crippen LogP contribution in [0, 0.1) is 0 Å². The summed E-state index contributed by atoms with van der Waals surface area (Å²) >= 11 is 0. The average molecular weight is 263 g/mol. The van der Waals surface area contributed by atoms with Crippen molar-refractivity contribution in [3.05, 3.63) is 23.7 Å². The van der Waals surface area contributed by atoms with E-state index in [1.54, 1.807) is 6.26 Å². The summed E-state index contributed by atoms with van der Waals surface area (Å²) < 4.78 is 5.55. The smallest absolute Gasteiger partial charge is 0.118 e. The fourth-order valence-electron chi connectivity index (χ4n) is 3.39. The molecule has 3 rings (SSSR count). The predicted octanol–water partition coefficient (Wildman–Crippen LogP) is 1.80. The van der Waals surface area contributed by atoms with Gasteiger partial charge in [0.2, 0.25) is 0 Å². The Morgan fingerprint density at radius 3 is 2.53 bits per heavy atom. The van der Waals surface area contributed by atoms with E-state index in [2.05, 4.69) is 15.9 Å². The molecule has 106 valence electrons. The Morgan fingerprint density at radius 1 is 1.16 bits per heavy atom. The second kappa shape index (κ2) is 6.07. The third-order valence-corrected chi connectivity index (χ3v) is 4.57. The van der Waals surface area contributed by atoms with E-state index in [0.29, 0.717) is 6.54 Å². The van der Waals surface area contributed by atoms with Crippen LogP contribution in [0.2, 0.25) is 0 Å². The maximum Gasteiger partial charge on any atom is 0.118 e. The van der Waals surface area contributed by atoms with Gasteiger partial charge in [-0.1, -0.05) is 12.8 Å². The summed E-state index contributed by atoms with van der Waals surface area (Å²) in [6.45, 7) is 6.26. The molecule has 1 aromatic rings. The quantitative estimate of drug-likeness (QED) is 0.900. The highest BCUT2D eigenvalue weighted by Gasteiger charge is 2.26. The number of nitrogens with two attached hydrogens (primary N) is 1. The molecule has 0 unspecified atom stereocenters. The number of piperazine rings is 1. The van der Waals surface area contributed by atoms with Crippen molar-refractivity contribution >= 4 is 0 Å². The van der Waals surface area contributed by atoms with Crippen LogP contribution in [0.3, 0.4) is 0 Å². The van der Waals surface area contributed by atoms with Gasteiger partial charge in [0.1, 0.15) is 5.76 Å². The van der Waals surface area contributed by atoms with Gasteiger partial charge in [-0.2, -0.15) is 0 Å². The Labute approximate surface area is 115 Å². The minimum atomic E-state index is 0.568. The monoisotopic (exact) mass is 263 g/mol. The number of rotatable bonds is 4. The van der Waals surface area contributed by atoms with Gasteiger partial charge in [-0.05, 0) is 18.9 Å². The summed E-state index contributed by atoms with van der Waals surface area (Å²) in [6, 6.07) is 2.96. The molecule has 1 saturated carbocycles. The molecule has 2 aliphatic rings. The molecule has 1 aliphatic heterocycles. The molecule has 2 fully saturated rings. The van der Waals surface area contributed by atoms with Crippen LogP contribution in [-0.2, 0) is 13.1 Å². The molecule has 1 aliphatic carbocycles. The van der Waals surface area contributed by atoms with Crippen LogP contribution in [0.25, 0.3) is 0 Å². The highest BCUT2D eigenvalue weighted by atomic mass is 16.3. The van der Waals surface area contributed by atoms with E-state index in [0.717, 1.165) is 37.0 Å². The predicted molar refractivity (Wildman–Crippen MR) is 75.7 cm³/mol. The van der Waals surface area contributed by atoms with Gasteiger partial charge >= 0.3 is 0 Å². The summed E-state index contributed by atoms with van der Waals surface area (Å²) in [5.74, 6) is 1.05. The van der Waals surface area contributed by atoms with Crippen LogP contribution < -0.4 is 5.73 Å². The molecule has 4 nitrogen and oxygen atoms in total. The standard InChI is InChI=1S/C15H25N3O/c16-10-13-9-15(19-12-13)11-17-5-7-18(8-6-17)14-3-1-2-4-14/h9,12,14H,1-8,10-11,16H2. The molecule has 4 heteroatoms. The topological polar surface area (TPSA) is 45.6 Å². The molecule has 0 atom stereocenters. The minimum Gasteiger partial charge on any atom is -0.468 e. The summed E-state index contributed by atoms with van der Waals surface area (Å²) in [5, 5.41) is 0. The zero-order chi connectivity index (χ0) is 13.1. The highest BCUT2D eigenvalue weighted by molar-refractivity contribution is 5.12. The zero-order valence-electron chi connectivity index (χ0n) is 11.7. The van der Waals surface area contributed by atoms with E-state index in [1.165, 1.54) is 38.8 Å². The molecular weight excluding hydrogens is 238 g/mol. The molecule has 1 saturated heterocycles. The van der Waals surface area contributed by atoms with Crippen molar-refractivity contribution in [2.75, 3.05) is 26.2 Å². The molecule has 0 radical (unpaired) electrons. The minimum absolute atomic E-state index is 0.568. The third-order valence-electron chi connectivity index (χ3n) is 4.57. The number of hydrogen-bond donors (Lipinski definition) is 1. The zero-order valence-corrected chi connectivity index (χ0v) is 11.7. The van der Waals surface area contributed by atoms with Crippen molar-refractivity contribution < 1.29 is 4.42 Å². The maximum absolute atomic E-state index is 5.60. The van der Waals surface area contributed by atoms with Crippen LogP contribution in [0.5, 0.6) is 0 Å². The van der Waals surface area contributed by atoms with Gasteiger partial charge in [0.25, 0.3) is 0 Å². The molecule has 0 spiro atoms. The Bertz CT molecular complexity index is 390. The van der Waals surface area contributed by atoms with E-state index < -0.39 is 0 Å². The third kappa shape index (κ3) is 3.19. The molecule has 2 heterocycles. The van der Waals surface area contributed by atoms with E-state index in [-0.39, 0.29) is 0 Å². The van der Waals surface area contributed by atoms with Gasteiger partial charge in [-0.15, -0.1) is 0 Å². The first-order valence-corrected chi connectivity index (χ1v) is 7.58. The number of furan rings is 1. The van der Waals surface area contributed by atoms with Gasteiger partial charge < -0.3 is 10.2 Å². The van der Waals surface area contributed by atoms with E-state index in [1.807, 2.05) is 0 Å². The summed E-state index contributed by atoms with van der Waals surface area (Å²) in [5.41, 5.74) is 6.70. The maximum atomic E-state index is 5.60. The van der Waals surface area contributed by atoms with Gasteiger partial charge in [0, 0.05) is 44.3 Å². The molecule has 2 N–H and O–H groups in total. The van der Waals surface area contributed by atoms with Crippen LogP contribution >= 0.6 is 0 Å². The van der Waals surface area contributed by atoms with Gasteiger partial charge in [0.05, 0.1) is 12.8 Å². The van der Waals surface area contributed by atoms with Crippen LogP contribution in [0.4, 0.5) is 0 Å². The Balaban J connectivity index is 1.47. The normalized spacial score (nSPS) is 23.2. The van der Waals surface area contributed by atoms with Crippen LogP contribution in [-0.4, -0.2) is 42.0 Å². The van der Waals surface area contributed by atoms with Gasteiger partial charge in [-0.25, -0.2) is 0 Å². The largest absolute Gasteiger partial charge is 0.468 e. The van der Waals surface area contributed by atoms with Crippen LogP contribution in [0.1, 0.15) is 37.0 Å². The van der Waals surface area contributed by atoms with Crippen molar-refractivity contribution in [3.63, 3.8) is 0 Å². The summed E-state index contributed by atoms with van der Waals surface area (Å²) in [4.78, 5) is 5.18. The second-order valence-electron chi connectivity index (χ2n) is 5.88. The van der Waals surface area contributed by atoms with Crippen LogP contribution in [0.15, 0.2) is 16.7 Å².